The standard InChI is InChI=1S/C23H25N3O3S/c1-14-9-11-18(12-16(14)3)26-30(28,29)21-13-17(10-8-15(21)2)22-19-6-4-5-7-20(19)23(27)25-24-22/h8-13,26H,4-7H2,1-3H3,(H,25,27). The fourth-order valence-corrected chi connectivity index (χ4v) is 5.27. The minimum atomic E-state index is -3.78. The second-order valence-corrected chi connectivity index (χ2v) is 9.60. The Morgan fingerprint density at radius 2 is 1.60 bits per heavy atom. The highest BCUT2D eigenvalue weighted by Crippen LogP contribution is 2.31. The van der Waals surface area contributed by atoms with Crippen LogP contribution in [-0.4, -0.2) is 18.6 Å². The van der Waals surface area contributed by atoms with Crippen LogP contribution in [0.25, 0.3) is 11.3 Å². The fraction of sp³-hybridized carbons (Fsp3) is 0.304. The fourth-order valence-electron chi connectivity index (χ4n) is 3.95. The molecule has 2 aromatic carbocycles. The molecule has 3 aromatic rings. The zero-order valence-electron chi connectivity index (χ0n) is 17.4. The van der Waals surface area contributed by atoms with Gasteiger partial charge in [0.15, 0.2) is 0 Å². The highest BCUT2D eigenvalue weighted by molar-refractivity contribution is 7.92. The molecular weight excluding hydrogens is 398 g/mol. The lowest BCUT2D eigenvalue weighted by Crippen LogP contribution is -2.21. The molecule has 1 aliphatic rings. The molecule has 156 valence electrons. The summed E-state index contributed by atoms with van der Waals surface area (Å²) in [6, 6.07) is 10.8. The Balaban J connectivity index is 1.77. The van der Waals surface area contributed by atoms with Crippen molar-refractivity contribution in [2.75, 3.05) is 4.72 Å². The predicted molar refractivity (Wildman–Crippen MR) is 118 cm³/mol. The first-order chi connectivity index (χ1) is 14.3. The number of fused-ring (bicyclic) bond motifs is 1. The van der Waals surface area contributed by atoms with Crippen LogP contribution < -0.4 is 10.3 Å². The molecule has 30 heavy (non-hydrogen) atoms. The third-order valence-corrected chi connectivity index (χ3v) is 7.33. The smallest absolute Gasteiger partial charge is 0.267 e. The number of rotatable bonds is 4. The maximum atomic E-state index is 13.2. The van der Waals surface area contributed by atoms with Crippen molar-refractivity contribution in [3.63, 3.8) is 0 Å². The number of aryl methyl sites for hydroxylation is 3. The van der Waals surface area contributed by atoms with Gasteiger partial charge < -0.3 is 0 Å². The van der Waals surface area contributed by atoms with Gasteiger partial charge in [0.25, 0.3) is 15.6 Å². The summed E-state index contributed by atoms with van der Waals surface area (Å²) in [5, 5.41) is 6.85. The van der Waals surface area contributed by atoms with E-state index >= 15 is 0 Å². The van der Waals surface area contributed by atoms with Crippen LogP contribution in [0.5, 0.6) is 0 Å². The van der Waals surface area contributed by atoms with Crippen molar-refractivity contribution in [1.82, 2.24) is 10.2 Å². The van der Waals surface area contributed by atoms with Crippen LogP contribution in [0.1, 0.15) is 40.7 Å². The molecule has 0 saturated heterocycles. The van der Waals surface area contributed by atoms with Gasteiger partial charge in [-0.3, -0.25) is 9.52 Å². The average molecular weight is 424 g/mol. The molecule has 0 aliphatic heterocycles. The summed E-state index contributed by atoms with van der Waals surface area (Å²) in [7, 11) is -3.78. The topological polar surface area (TPSA) is 91.9 Å². The average Bonchev–Trinajstić information content (AvgIpc) is 2.71. The summed E-state index contributed by atoms with van der Waals surface area (Å²) in [5.74, 6) is 0. The molecule has 1 aliphatic carbocycles. The van der Waals surface area contributed by atoms with Gasteiger partial charge in [-0.25, -0.2) is 13.5 Å². The zero-order valence-corrected chi connectivity index (χ0v) is 18.2. The number of anilines is 1. The van der Waals surface area contributed by atoms with Crippen molar-refractivity contribution in [3.05, 3.63) is 74.6 Å². The van der Waals surface area contributed by atoms with Crippen LogP contribution in [0.3, 0.4) is 0 Å². The molecule has 0 spiro atoms. The molecular formula is C23H25N3O3S. The van der Waals surface area contributed by atoms with Crippen LogP contribution in [-0.2, 0) is 22.9 Å². The lowest BCUT2D eigenvalue weighted by molar-refractivity contribution is 0.600. The second kappa shape index (κ2) is 7.72. The largest absolute Gasteiger partial charge is 0.280 e. The molecule has 2 N–H and O–H groups in total. The first-order valence-corrected chi connectivity index (χ1v) is 11.6. The van der Waals surface area contributed by atoms with Gasteiger partial charge in [0.2, 0.25) is 0 Å². The molecule has 0 atom stereocenters. The maximum Gasteiger partial charge on any atom is 0.267 e. The lowest BCUT2D eigenvalue weighted by atomic mass is 9.90. The SMILES string of the molecule is Cc1ccc(NS(=O)(=O)c2cc(-c3n[nH]c(=O)c4c3CCCC4)ccc2C)cc1C. The number of benzene rings is 2. The molecule has 0 fully saturated rings. The predicted octanol–water partition coefficient (Wildman–Crippen LogP) is 4.04. The van der Waals surface area contributed by atoms with Crippen molar-refractivity contribution in [2.24, 2.45) is 0 Å². The first-order valence-electron chi connectivity index (χ1n) is 10.1. The molecule has 4 rings (SSSR count). The number of hydrogen-bond acceptors (Lipinski definition) is 4. The maximum absolute atomic E-state index is 13.2. The number of nitrogens with zero attached hydrogens (tertiary/aromatic N) is 1. The summed E-state index contributed by atoms with van der Waals surface area (Å²) >= 11 is 0. The summed E-state index contributed by atoms with van der Waals surface area (Å²) in [4.78, 5) is 12.4. The molecule has 1 aromatic heterocycles. The van der Waals surface area contributed by atoms with E-state index in [2.05, 4.69) is 14.9 Å². The molecule has 0 radical (unpaired) electrons. The summed E-state index contributed by atoms with van der Waals surface area (Å²) in [5.41, 5.74) is 6.20. The number of H-pyrrole nitrogens is 1. The molecule has 7 heteroatoms. The minimum Gasteiger partial charge on any atom is -0.280 e. The van der Waals surface area contributed by atoms with Crippen molar-refractivity contribution in [3.8, 4) is 11.3 Å². The number of sulfonamides is 1. The van der Waals surface area contributed by atoms with Gasteiger partial charge >= 0.3 is 0 Å². The number of aromatic nitrogens is 2. The van der Waals surface area contributed by atoms with E-state index in [1.54, 1.807) is 25.1 Å². The number of nitrogens with one attached hydrogen (secondary N) is 2. The Morgan fingerprint density at radius 1 is 0.900 bits per heavy atom. The van der Waals surface area contributed by atoms with Crippen LogP contribution in [0.2, 0.25) is 0 Å². The minimum absolute atomic E-state index is 0.148. The van der Waals surface area contributed by atoms with Gasteiger partial charge in [0.05, 0.1) is 10.6 Å². The zero-order chi connectivity index (χ0) is 21.5. The Hall–Kier alpha value is -2.93. The normalized spacial score (nSPS) is 13.7. The molecule has 6 nitrogen and oxygen atoms in total. The molecule has 1 heterocycles. The van der Waals surface area contributed by atoms with E-state index in [4.69, 9.17) is 0 Å². The molecule has 0 saturated carbocycles. The van der Waals surface area contributed by atoms with E-state index in [0.717, 1.165) is 47.9 Å². The Bertz CT molecular complexity index is 1290. The van der Waals surface area contributed by atoms with Gasteiger partial charge in [0.1, 0.15) is 0 Å². The van der Waals surface area contributed by atoms with Gasteiger partial charge in [-0.05, 0) is 86.9 Å². The van der Waals surface area contributed by atoms with Gasteiger partial charge in [-0.15, -0.1) is 0 Å². The van der Waals surface area contributed by atoms with E-state index in [0.29, 0.717) is 22.5 Å². The van der Waals surface area contributed by atoms with Crippen LogP contribution in [0, 0.1) is 20.8 Å². The Kier molecular flexibility index (Phi) is 5.24. The first kappa shape index (κ1) is 20.3. The van der Waals surface area contributed by atoms with E-state index in [1.807, 2.05) is 32.0 Å². The third kappa shape index (κ3) is 3.77. The van der Waals surface area contributed by atoms with E-state index in [1.165, 1.54) is 0 Å². The number of aromatic amines is 1. The van der Waals surface area contributed by atoms with Crippen molar-refractivity contribution < 1.29 is 8.42 Å². The van der Waals surface area contributed by atoms with Crippen molar-refractivity contribution in [1.29, 1.82) is 0 Å². The Morgan fingerprint density at radius 3 is 2.33 bits per heavy atom. The molecule has 0 unspecified atom stereocenters. The van der Waals surface area contributed by atoms with E-state index < -0.39 is 10.0 Å². The van der Waals surface area contributed by atoms with Crippen LogP contribution in [0.15, 0.2) is 46.1 Å². The quantitative estimate of drug-likeness (QED) is 0.662. The summed E-state index contributed by atoms with van der Waals surface area (Å²) < 4.78 is 29.0. The molecule has 0 amide bonds. The van der Waals surface area contributed by atoms with E-state index in [9.17, 15) is 13.2 Å². The number of hydrogen-bond donors (Lipinski definition) is 2. The monoisotopic (exact) mass is 423 g/mol. The van der Waals surface area contributed by atoms with E-state index in [-0.39, 0.29) is 10.5 Å². The summed E-state index contributed by atoms with van der Waals surface area (Å²) in [6.45, 7) is 5.71. The van der Waals surface area contributed by atoms with Crippen LogP contribution >= 0.6 is 0 Å². The van der Waals surface area contributed by atoms with Gasteiger partial charge in [0, 0.05) is 16.8 Å². The van der Waals surface area contributed by atoms with Gasteiger partial charge in [-0.2, -0.15) is 5.10 Å². The van der Waals surface area contributed by atoms with Crippen LogP contribution in [0.4, 0.5) is 5.69 Å². The van der Waals surface area contributed by atoms with Crippen molar-refractivity contribution >= 4 is 15.7 Å². The third-order valence-electron chi connectivity index (χ3n) is 5.81. The summed E-state index contributed by atoms with van der Waals surface area (Å²) in [6.07, 6.45) is 3.48. The highest BCUT2D eigenvalue weighted by Gasteiger charge is 2.22. The van der Waals surface area contributed by atoms with Crippen molar-refractivity contribution in [2.45, 2.75) is 51.3 Å². The second-order valence-electron chi connectivity index (χ2n) is 7.95. The highest BCUT2D eigenvalue weighted by atomic mass is 32.2. The molecule has 0 bridgehead atoms. The Labute approximate surface area is 176 Å². The van der Waals surface area contributed by atoms with Gasteiger partial charge in [-0.1, -0.05) is 18.2 Å². The lowest BCUT2D eigenvalue weighted by Gasteiger charge is -2.18.